The van der Waals surface area contributed by atoms with Crippen molar-refractivity contribution in [2.75, 3.05) is 12.8 Å². The Morgan fingerprint density at radius 1 is 1.37 bits per heavy atom. The molecule has 1 atom stereocenters. The molecule has 0 aliphatic heterocycles. The molecule has 0 spiro atoms. The van der Waals surface area contributed by atoms with E-state index in [1.165, 1.54) is 16.0 Å². The van der Waals surface area contributed by atoms with Gasteiger partial charge in [-0.1, -0.05) is 6.92 Å². The largest absolute Gasteiger partial charge is 0.308 e. The van der Waals surface area contributed by atoms with Crippen LogP contribution in [0.25, 0.3) is 0 Å². The zero-order valence-electron chi connectivity index (χ0n) is 12.3. The van der Waals surface area contributed by atoms with Crippen molar-refractivity contribution in [1.82, 2.24) is 10.0 Å². The first kappa shape index (κ1) is 16.6. The normalized spacial score (nSPS) is 14.6. The number of sulfonamides is 1. The number of aryl methyl sites for hydroxylation is 1. The standard InChI is InChI=1S/C13H24N2O2S2/c1-6-11-7-8-12(18-11)10(2)14-9-13(3,4)15-19(5,16)17/h7-8,10,14-15H,6,9H2,1-5H3. The fourth-order valence-electron chi connectivity index (χ4n) is 1.86. The zero-order chi connectivity index (χ0) is 14.7. The molecule has 0 saturated heterocycles. The van der Waals surface area contributed by atoms with E-state index in [2.05, 4.69) is 36.0 Å². The van der Waals surface area contributed by atoms with E-state index < -0.39 is 15.6 Å². The van der Waals surface area contributed by atoms with Crippen LogP contribution in [0.2, 0.25) is 0 Å². The Morgan fingerprint density at radius 3 is 2.47 bits per heavy atom. The molecule has 0 aliphatic carbocycles. The van der Waals surface area contributed by atoms with Crippen molar-refractivity contribution in [2.24, 2.45) is 0 Å². The Balaban J connectivity index is 2.56. The van der Waals surface area contributed by atoms with Crippen molar-refractivity contribution in [1.29, 1.82) is 0 Å². The molecule has 0 radical (unpaired) electrons. The predicted molar refractivity (Wildman–Crippen MR) is 82.2 cm³/mol. The molecular weight excluding hydrogens is 280 g/mol. The minimum Gasteiger partial charge on any atom is -0.308 e. The molecule has 0 aliphatic rings. The molecule has 0 aromatic carbocycles. The van der Waals surface area contributed by atoms with Crippen LogP contribution in [0.5, 0.6) is 0 Å². The van der Waals surface area contributed by atoms with Gasteiger partial charge in [-0.3, -0.25) is 0 Å². The molecular formula is C13H24N2O2S2. The summed E-state index contributed by atoms with van der Waals surface area (Å²) in [6.45, 7) is 8.58. The fourth-order valence-corrected chi connectivity index (χ4v) is 3.92. The first-order chi connectivity index (χ1) is 8.63. The average Bonchev–Trinajstić information content (AvgIpc) is 2.71. The lowest BCUT2D eigenvalue weighted by molar-refractivity contribution is 0.401. The molecule has 1 aromatic rings. The number of hydrogen-bond acceptors (Lipinski definition) is 4. The van der Waals surface area contributed by atoms with Crippen molar-refractivity contribution < 1.29 is 8.42 Å². The van der Waals surface area contributed by atoms with Crippen LogP contribution < -0.4 is 10.0 Å². The van der Waals surface area contributed by atoms with Gasteiger partial charge in [0.25, 0.3) is 0 Å². The molecule has 0 saturated carbocycles. The Labute approximate surface area is 120 Å². The van der Waals surface area contributed by atoms with E-state index in [4.69, 9.17) is 0 Å². The van der Waals surface area contributed by atoms with E-state index in [9.17, 15) is 8.42 Å². The van der Waals surface area contributed by atoms with Crippen molar-refractivity contribution in [3.8, 4) is 0 Å². The number of rotatable bonds is 7. The number of nitrogens with one attached hydrogen (secondary N) is 2. The van der Waals surface area contributed by atoms with Gasteiger partial charge in [0, 0.05) is 27.9 Å². The number of hydrogen-bond donors (Lipinski definition) is 2. The van der Waals surface area contributed by atoms with Crippen molar-refractivity contribution in [3.63, 3.8) is 0 Å². The van der Waals surface area contributed by atoms with E-state index in [0.29, 0.717) is 6.54 Å². The molecule has 6 heteroatoms. The first-order valence-electron chi connectivity index (χ1n) is 6.44. The highest BCUT2D eigenvalue weighted by atomic mass is 32.2. The highest BCUT2D eigenvalue weighted by molar-refractivity contribution is 7.88. The van der Waals surface area contributed by atoms with Gasteiger partial charge in [0.1, 0.15) is 0 Å². The molecule has 0 bridgehead atoms. The van der Waals surface area contributed by atoms with Gasteiger partial charge in [0.05, 0.1) is 6.26 Å². The maximum atomic E-state index is 11.3. The molecule has 110 valence electrons. The lowest BCUT2D eigenvalue weighted by atomic mass is 10.1. The van der Waals surface area contributed by atoms with Gasteiger partial charge < -0.3 is 5.32 Å². The quantitative estimate of drug-likeness (QED) is 0.812. The van der Waals surface area contributed by atoms with E-state index in [0.717, 1.165) is 6.42 Å². The van der Waals surface area contributed by atoms with Crippen LogP contribution in [0.1, 0.15) is 43.5 Å². The van der Waals surface area contributed by atoms with Crippen molar-refractivity contribution in [3.05, 3.63) is 21.9 Å². The van der Waals surface area contributed by atoms with Crippen LogP contribution in [-0.4, -0.2) is 26.8 Å². The Hall–Kier alpha value is -0.430. The lowest BCUT2D eigenvalue weighted by Crippen LogP contribution is -2.50. The number of thiophene rings is 1. The first-order valence-corrected chi connectivity index (χ1v) is 9.15. The maximum absolute atomic E-state index is 11.3. The molecule has 2 N–H and O–H groups in total. The second-order valence-corrected chi connectivity index (χ2v) is 8.47. The Kier molecular flexibility index (Phi) is 5.55. The van der Waals surface area contributed by atoms with E-state index in [-0.39, 0.29) is 6.04 Å². The molecule has 1 rings (SSSR count). The summed E-state index contributed by atoms with van der Waals surface area (Å²) < 4.78 is 25.2. The highest BCUT2D eigenvalue weighted by Crippen LogP contribution is 2.23. The zero-order valence-corrected chi connectivity index (χ0v) is 13.9. The van der Waals surface area contributed by atoms with Crippen LogP contribution in [0.15, 0.2) is 12.1 Å². The van der Waals surface area contributed by atoms with Crippen molar-refractivity contribution >= 4 is 21.4 Å². The van der Waals surface area contributed by atoms with E-state index in [1.54, 1.807) is 11.3 Å². The molecule has 0 amide bonds. The summed E-state index contributed by atoms with van der Waals surface area (Å²) in [4.78, 5) is 2.66. The third-order valence-corrected chi connectivity index (χ3v) is 5.11. The van der Waals surface area contributed by atoms with Gasteiger partial charge in [-0.25, -0.2) is 13.1 Å². The highest BCUT2D eigenvalue weighted by Gasteiger charge is 2.22. The Bertz CT molecular complexity index is 506. The van der Waals surface area contributed by atoms with Crippen LogP contribution in [0.4, 0.5) is 0 Å². The molecule has 0 fully saturated rings. The molecule has 1 unspecified atom stereocenters. The summed E-state index contributed by atoms with van der Waals surface area (Å²) in [5.74, 6) is 0. The minimum absolute atomic E-state index is 0.228. The van der Waals surface area contributed by atoms with E-state index in [1.807, 2.05) is 13.8 Å². The summed E-state index contributed by atoms with van der Waals surface area (Å²) in [5.41, 5.74) is -0.493. The summed E-state index contributed by atoms with van der Waals surface area (Å²) in [7, 11) is -3.18. The molecule has 4 nitrogen and oxygen atoms in total. The minimum atomic E-state index is -3.18. The summed E-state index contributed by atoms with van der Waals surface area (Å²) >= 11 is 1.80. The molecule has 19 heavy (non-hydrogen) atoms. The second kappa shape index (κ2) is 6.35. The van der Waals surface area contributed by atoms with Gasteiger partial charge in [0.15, 0.2) is 0 Å². The van der Waals surface area contributed by atoms with Crippen LogP contribution in [0.3, 0.4) is 0 Å². The lowest BCUT2D eigenvalue weighted by Gasteiger charge is -2.27. The summed E-state index contributed by atoms with van der Waals surface area (Å²) in [6.07, 6.45) is 2.24. The molecule has 1 aromatic heterocycles. The third-order valence-electron chi connectivity index (χ3n) is 2.77. The maximum Gasteiger partial charge on any atom is 0.209 e. The van der Waals surface area contributed by atoms with Gasteiger partial charge in [0.2, 0.25) is 10.0 Å². The van der Waals surface area contributed by atoms with Crippen LogP contribution in [-0.2, 0) is 16.4 Å². The van der Waals surface area contributed by atoms with Gasteiger partial charge >= 0.3 is 0 Å². The van der Waals surface area contributed by atoms with Gasteiger partial charge in [-0.15, -0.1) is 11.3 Å². The summed E-state index contributed by atoms with van der Waals surface area (Å²) in [5, 5.41) is 3.38. The van der Waals surface area contributed by atoms with Gasteiger partial charge in [-0.2, -0.15) is 0 Å². The molecule has 1 heterocycles. The van der Waals surface area contributed by atoms with Crippen LogP contribution >= 0.6 is 11.3 Å². The topological polar surface area (TPSA) is 58.2 Å². The van der Waals surface area contributed by atoms with Crippen LogP contribution in [0, 0.1) is 0 Å². The monoisotopic (exact) mass is 304 g/mol. The SMILES string of the molecule is CCc1ccc(C(C)NCC(C)(C)NS(C)(=O)=O)s1. The third kappa shape index (κ3) is 6.03. The summed E-state index contributed by atoms with van der Waals surface area (Å²) in [6, 6.07) is 4.52. The van der Waals surface area contributed by atoms with Gasteiger partial charge in [-0.05, 0) is 39.3 Å². The average molecular weight is 304 g/mol. The second-order valence-electron chi connectivity index (χ2n) is 5.52. The fraction of sp³-hybridized carbons (Fsp3) is 0.692. The smallest absolute Gasteiger partial charge is 0.209 e. The van der Waals surface area contributed by atoms with Crippen molar-refractivity contribution in [2.45, 2.75) is 45.7 Å². The predicted octanol–water partition coefficient (Wildman–Crippen LogP) is 2.29. The Morgan fingerprint density at radius 2 is 2.00 bits per heavy atom. The van der Waals surface area contributed by atoms with E-state index >= 15 is 0 Å².